The maximum atomic E-state index is 13.8. The number of amides is 2. The van der Waals surface area contributed by atoms with Crippen LogP contribution in [0.25, 0.3) is 0 Å². The Morgan fingerprint density at radius 1 is 1.06 bits per heavy atom. The van der Waals surface area contributed by atoms with Crippen molar-refractivity contribution < 1.29 is 49.1 Å². The Labute approximate surface area is 174 Å². The minimum atomic E-state index is -7.20. The highest BCUT2D eigenvalue weighted by atomic mass is 32.1. The average molecular weight is 484 g/mol. The smallest absolute Gasteiger partial charge is 0.365 e. The number of primary amides is 1. The number of alkyl halides is 9. The third-order valence-corrected chi connectivity index (χ3v) is 6.14. The molecule has 0 saturated heterocycles. The Morgan fingerprint density at radius 3 is 2.13 bits per heavy atom. The van der Waals surface area contributed by atoms with Crippen LogP contribution in [0.15, 0.2) is 0 Å². The molecule has 14 heteroatoms. The molecule has 0 radical (unpaired) electrons. The predicted molar refractivity (Wildman–Crippen MR) is 92.8 cm³/mol. The number of hydrogen-bond donors (Lipinski definition) is 2. The van der Waals surface area contributed by atoms with Crippen LogP contribution >= 0.6 is 11.3 Å². The first-order valence-electron chi connectivity index (χ1n) is 8.94. The van der Waals surface area contributed by atoms with E-state index in [9.17, 15) is 49.1 Å². The minimum absolute atomic E-state index is 0.164. The molecular formula is C17H17F9N2O2S. The Balaban J connectivity index is 2.40. The third-order valence-electron chi connectivity index (χ3n) is 4.97. The van der Waals surface area contributed by atoms with Crippen molar-refractivity contribution in [1.29, 1.82) is 0 Å². The normalized spacial score (nSPS) is 17.9. The number of halogens is 9. The van der Waals surface area contributed by atoms with Crippen LogP contribution in [0.5, 0.6) is 0 Å². The SMILES string of the molecule is CCC[C@H]1CCc2c(sc(NC(=O)C(F)(F)C(F)(F)C(F)(F)C(F)(F)F)c2C(N)=O)C1. The van der Waals surface area contributed by atoms with E-state index < -0.39 is 46.3 Å². The Morgan fingerprint density at radius 2 is 1.65 bits per heavy atom. The lowest BCUT2D eigenvalue weighted by Crippen LogP contribution is -2.64. The van der Waals surface area contributed by atoms with Crippen molar-refractivity contribution in [3.05, 3.63) is 16.0 Å². The summed E-state index contributed by atoms with van der Waals surface area (Å²) in [6.07, 6.45) is -4.19. The predicted octanol–water partition coefficient (Wildman–Crippen LogP) is 5.16. The van der Waals surface area contributed by atoms with Crippen molar-refractivity contribution >= 4 is 28.2 Å². The number of nitrogens with two attached hydrogens (primary N) is 1. The van der Waals surface area contributed by atoms with E-state index in [1.165, 1.54) is 5.32 Å². The fourth-order valence-corrected chi connectivity index (χ4v) is 4.72. The topological polar surface area (TPSA) is 72.2 Å². The lowest BCUT2D eigenvalue weighted by molar-refractivity contribution is -0.388. The molecule has 4 nitrogen and oxygen atoms in total. The summed E-state index contributed by atoms with van der Waals surface area (Å²) in [5, 5.41) is 0.511. The molecule has 0 fully saturated rings. The number of carbonyl (C=O) groups is 2. The summed E-state index contributed by atoms with van der Waals surface area (Å²) in [6, 6.07) is 0. The zero-order valence-electron chi connectivity index (χ0n) is 15.8. The Hall–Kier alpha value is -1.99. The fraction of sp³-hybridized carbons (Fsp3) is 0.647. The van der Waals surface area contributed by atoms with Gasteiger partial charge in [-0.1, -0.05) is 19.8 Å². The lowest BCUT2D eigenvalue weighted by Gasteiger charge is -2.32. The van der Waals surface area contributed by atoms with E-state index >= 15 is 0 Å². The molecular weight excluding hydrogens is 467 g/mol. The number of thiophene rings is 1. The average Bonchev–Trinajstić information content (AvgIpc) is 2.97. The molecule has 0 saturated carbocycles. The van der Waals surface area contributed by atoms with Gasteiger partial charge in [-0.15, -0.1) is 11.3 Å². The summed E-state index contributed by atoms with van der Waals surface area (Å²) in [4.78, 5) is 23.9. The van der Waals surface area contributed by atoms with Crippen LogP contribution in [-0.2, 0) is 17.6 Å². The zero-order valence-corrected chi connectivity index (χ0v) is 16.6. The van der Waals surface area contributed by atoms with Gasteiger partial charge in [-0.3, -0.25) is 9.59 Å². The van der Waals surface area contributed by atoms with Gasteiger partial charge in [-0.2, -0.15) is 39.5 Å². The van der Waals surface area contributed by atoms with Crippen LogP contribution in [0.2, 0.25) is 0 Å². The van der Waals surface area contributed by atoms with Gasteiger partial charge < -0.3 is 11.1 Å². The molecule has 31 heavy (non-hydrogen) atoms. The molecule has 0 unspecified atom stereocenters. The highest BCUT2D eigenvalue weighted by molar-refractivity contribution is 7.17. The van der Waals surface area contributed by atoms with E-state index in [0.29, 0.717) is 34.6 Å². The third kappa shape index (κ3) is 4.22. The van der Waals surface area contributed by atoms with E-state index in [-0.39, 0.29) is 12.3 Å². The van der Waals surface area contributed by atoms with Crippen molar-refractivity contribution in [3.8, 4) is 0 Å². The zero-order chi connectivity index (χ0) is 24.0. The first-order chi connectivity index (χ1) is 14.0. The van der Waals surface area contributed by atoms with Crippen molar-refractivity contribution in [3.63, 3.8) is 0 Å². The number of hydrogen-bond acceptors (Lipinski definition) is 3. The van der Waals surface area contributed by atoms with Gasteiger partial charge >= 0.3 is 29.9 Å². The quantitative estimate of drug-likeness (QED) is 0.525. The van der Waals surface area contributed by atoms with E-state index in [1.54, 1.807) is 0 Å². The molecule has 0 aromatic carbocycles. The molecule has 0 spiro atoms. The van der Waals surface area contributed by atoms with Gasteiger partial charge in [0.1, 0.15) is 5.00 Å². The summed E-state index contributed by atoms with van der Waals surface area (Å²) in [5.74, 6) is -24.9. The molecule has 0 bridgehead atoms. The van der Waals surface area contributed by atoms with Crippen LogP contribution in [0.1, 0.15) is 47.0 Å². The van der Waals surface area contributed by atoms with Gasteiger partial charge in [-0.25, -0.2) is 0 Å². The molecule has 1 atom stereocenters. The second kappa shape index (κ2) is 8.17. The first-order valence-corrected chi connectivity index (χ1v) is 9.76. The van der Waals surface area contributed by atoms with E-state index in [0.717, 1.165) is 12.8 Å². The highest BCUT2D eigenvalue weighted by Gasteiger charge is 2.83. The summed E-state index contributed by atoms with van der Waals surface area (Å²) in [7, 11) is 0. The van der Waals surface area contributed by atoms with Crippen molar-refractivity contribution in [2.24, 2.45) is 11.7 Å². The van der Waals surface area contributed by atoms with Crippen LogP contribution < -0.4 is 11.1 Å². The first kappa shape index (κ1) is 25.3. The van der Waals surface area contributed by atoms with Crippen LogP contribution in [0.4, 0.5) is 44.5 Å². The van der Waals surface area contributed by atoms with Crippen molar-refractivity contribution in [2.45, 2.75) is 63.0 Å². The van der Waals surface area contributed by atoms with Gasteiger partial charge in [0, 0.05) is 4.88 Å². The minimum Gasteiger partial charge on any atom is -0.365 e. The number of rotatable bonds is 7. The Bertz CT molecular complexity index is 865. The van der Waals surface area contributed by atoms with Gasteiger partial charge in [0.05, 0.1) is 5.56 Å². The summed E-state index contributed by atoms with van der Waals surface area (Å²) in [5.41, 5.74) is 5.03. The number of nitrogens with one attached hydrogen (secondary N) is 1. The van der Waals surface area contributed by atoms with E-state index in [1.807, 2.05) is 6.92 Å². The molecule has 0 aliphatic heterocycles. The molecule has 1 aliphatic rings. The van der Waals surface area contributed by atoms with Crippen LogP contribution in [0.3, 0.4) is 0 Å². The van der Waals surface area contributed by atoms with Crippen LogP contribution in [-0.4, -0.2) is 35.8 Å². The van der Waals surface area contributed by atoms with Gasteiger partial charge in [0.15, 0.2) is 0 Å². The fourth-order valence-electron chi connectivity index (χ4n) is 3.36. The van der Waals surface area contributed by atoms with E-state index in [2.05, 4.69) is 0 Å². The number of fused-ring (bicyclic) bond motifs is 1. The largest absolute Gasteiger partial charge is 0.460 e. The molecule has 1 aliphatic carbocycles. The maximum Gasteiger partial charge on any atom is 0.460 e. The van der Waals surface area contributed by atoms with Crippen molar-refractivity contribution in [1.82, 2.24) is 0 Å². The summed E-state index contributed by atoms with van der Waals surface area (Å²) >= 11 is 0.567. The number of carbonyl (C=O) groups excluding carboxylic acids is 2. The van der Waals surface area contributed by atoms with Gasteiger partial charge in [0.25, 0.3) is 5.91 Å². The molecule has 2 rings (SSSR count). The molecule has 1 heterocycles. The van der Waals surface area contributed by atoms with E-state index in [4.69, 9.17) is 5.73 Å². The summed E-state index contributed by atoms with van der Waals surface area (Å²) < 4.78 is 117. The standard InChI is InChI=1S/C17H17F9N2O2S/c1-2-3-7-4-5-8-9(6-7)31-12(10(8)11(27)29)28-13(30)14(18,19)15(20,21)16(22,23)17(24,25)26/h7H,2-6H2,1H3,(H2,27,29)(H,28,30)/t7-/m0/s1. The molecule has 1 aromatic heterocycles. The monoisotopic (exact) mass is 484 g/mol. The van der Waals surface area contributed by atoms with Gasteiger partial charge in [0.2, 0.25) is 0 Å². The highest BCUT2D eigenvalue weighted by Crippen LogP contribution is 2.53. The maximum absolute atomic E-state index is 13.8. The molecule has 176 valence electrons. The number of anilines is 1. The van der Waals surface area contributed by atoms with Gasteiger partial charge in [-0.05, 0) is 30.7 Å². The van der Waals surface area contributed by atoms with Crippen molar-refractivity contribution in [2.75, 3.05) is 5.32 Å². The summed E-state index contributed by atoms with van der Waals surface area (Å²) in [6.45, 7) is 1.92. The molecule has 3 N–H and O–H groups in total. The Kier molecular flexibility index (Phi) is 6.66. The molecule has 1 aromatic rings. The molecule has 2 amide bonds. The lowest BCUT2D eigenvalue weighted by atomic mass is 9.84. The van der Waals surface area contributed by atoms with Crippen LogP contribution in [0, 0.1) is 5.92 Å². The second-order valence-corrected chi connectivity index (χ2v) is 8.25. The second-order valence-electron chi connectivity index (χ2n) is 7.14.